The standard InChI is InChI=1S/C27H33N6O7P.C16H20N5O6P.CH4.H2/c1-4-38-25(34)18(2)32-41(36,40-21-11-6-5-7-12-21)17-20-10-8-9-19(15-20)16-33-24-22(29-27(33)35)23(28)30-26(31-24)39-14-13-37-3;1-26-5-6-27-15-19-13(17)12-14(20-15)21(16(22)18-12)8-10-3-2-4-11(7-10)9-28(23,24)25;;/h5-12,15,18H,4,13-14,16-17H2,1-3H3,(H,29,35)(H,32,36)(H2,28,30,31);2-4,7H,5-6,8-9H2,1H3,(H,18,22)(H2,17,19,20)(H2,23,24,25);1H4;1H/t18-,41?;;;/m0.../s1/i;;;1+1. The van der Waals surface area contributed by atoms with Crippen LogP contribution in [0.15, 0.2) is 88.5 Å². The van der Waals surface area contributed by atoms with Crippen molar-refractivity contribution >= 4 is 55.0 Å². The number of carbonyl (C=O) groups excluding carboxylic acids is 1. The number of hydrogen-bond acceptors (Lipinski definition) is 17. The zero-order valence-corrected chi connectivity index (χ0v) is 39.9. The van der Waals surface area contributed by atoms with E-state index in [9.17, 15) is 23.5 Å². The molecule has 3 aromatic carbocycles. The predicted molar refractivity (Wildman–Crippen MR) is 263 cm³/mol. The maximum absolute atomic E-state index is 14.1. The summed E-state index contributed by atoms with van der Waals surface area (Å²) in [4.78, 5) is 77.8. The van der Waals surface area contributed by atoms with Crippen LogP contribution >= 0.6 is 15.1 Å². The molecule has 7 aromatic rings. The third kappa shape index (κ3) is 14.8. The van der Waals surface area contributed by atoms with E-state index in [1.807, 2.05) is 18.2 Å². The number of anilines is 2. The van der Waals surface area contributed by atoms with Gasteiger partial charge in [-0.3, -0.25) is 23.1 Å². The maximum atomic E-state index is 14.1. The monoisotopic (exact) mass is 1010 g/mol. The van der Waals surface area contributed by atoms with E-state index in [-0.39, 0.29) is 94.6 Å². The Hall–Kier alpha value is -6.91. The van der Waals surface area contributed by atoms with Crippen LogP contribution in [0.3, 0.4) is 0 Å². The number of nitrogens with one attached hydrogen (secondary N) is 3. The minimum Gasteiger partial charge on any atom is -0.465 e. The van der Waals surface area contributed by atoms with E-state index >= 15 is 0 Å². The third-order valence-electron chi connectivity index (χ3n) is 9.77. The van der Waals surface area contributed by atoms with Crippen molar-refractivity contribution in [3.63, 3.8) is 0 Å². The summed E-state index contributed by atoms with van der Waals surface area (Å²) in [6.07, 6.45) is -0.412. The van der Waals surface area contributed by atoms with Gasteiger partial charge in [0.15, 0.2) is 22.9 Å². The molecule has 0 amide bonds. The summed E-state index contributed by atoms with van der Waals surface area (Å²) in [6.45, 7) is 4.84. The minimum absolute atomic E-state index is 0. The molecule has 70 heavy (non-hydrogen) atoms. The zero-order valence-electron chi connectivity index (χ0n) is 38.1. The Balaban J connectivity index is 0.000000320. The molecule has 0 radical (unpaired) electrons. The van der Waals surface area contributed by atoms with Crippen LogP contribution in [0.2, 0.25) is 0 Å². The molecule has 4 heterocycles. The number of methoxy groups -OCH3 is 2. The number of carbonyl (C=O) groups is 1. The van der Waals surface area contributed by atoms with Crippen LogP contribution in [0.1, 0.15) is 45.0 Å². The van der Waals surface area contributed by atoms with Crippen LogP contribution in [0, 0.1) is 0 Å². The van der Waals surface area contributed by atoms with Gasteiger partial charge in [0.1, 0.15) is 36.0 Å². The summed E-state index contributed by atoms with van der Waals surface area (Å²) in [7, 11) is -4.77. The highest BCUT2D eigenvalue weighted by atomic mass is 31.2. The van der Waals surface area contributed by atoms with Gasteiger partial charge in [0.25, 0.3) is 0 Å². The van der Waals surface area contributed by atoms with E-state index in [0.717, 1.165) is 5.56 Å². The lowest BCUT2D eigenvalue weighted by Crippen LogP contribution is -2.35. The molecule has 0 aliphatic rings. The normalized spacial score (nSPS) is 12.6. The average molecular weight is 1010 g/mol. The second kappa shape index (κ2) is 24.6. The molecular weight excluding hydrogens is 952 g/mol. The van der Waals surface area contributed by atoms with Crippen LogP contribution in [-0.4, -0.2) is 108 Å². The molecule has 1 unspecified atom stereocenters. The fraction of sp³-hybridized carbons (Fsp3) is 0.341. The number of nitrogen functional groups attached to an aromatic ring is 2. The number of H-pyrrole nitrogens is 2. The Labute approximate surface area is 402 Å². The summed E-state index contributed by atoms with van der Waals surface area (Å²) < 4.78 is 59.8. The number of nitrogens with zero attached hydrogens (tertiary/aromatic N) is 6. The molecule has 0 saturated heterocycles. The first-order valence-corrected chi connectivity index (χ1v) is 24.8. The SMILES string of the molecule is C.CCOC(=O)[C@H](C)NP(=O)(Cc1cccc(Cn2c(=O)[nH]c3c(N)nc(OCCOC)nc32)c1)Oc1ccccc1.COCCOc1nc(N)c2[nH]c(=O)n(Cc3cccc(CP(=O)(O)O)c3)c2n1.[2HH]. The number of rotatable bonds is 22. The number of nitrogens with two attached hydrogens (primary N) is 2. The summed E-state index contributed by atoms with van der Waals surface area (Å²) in [5.41, 5.74) is 14.7. The molecule has 0 fully saturated rings. The average Bonchev–Trinajstić information content (AvgIpc) is 3.78. The summed E-state index contributed by atoms with van der Waals surface area (Å²) in [5.74, 6) is 0.00157. The maximum Gasteiger partial charge on any atom is 0.329 e. The fourth-order valence-electron chi connectivity index (χ4n) is 6.78. The van der Waals surface area contributed by atoms with E-state index in [1.165, 1.54) is 16.2 Å². The van der Waals surface area contributed by atoms with E-state index < -0.39 is 38.5 Å². The van der Waals surface area contributed by atoms with Gasteiger partial charge in [-0.1, -0.05) is 74.2 Å². The van der Waals surface area contributed by atoms with Crippen LogP contribution in [-0.2, 0) is 53.5 Å². The van der Waals surface area contributed by atoms with Gasteiger partial charge in [-0.15, -0.1) is 0 Å². The van der Waals surface area contributed by atoms with Crippen molar-refractivity contribution in [2.45, 2.75) is 52.7 Å². The largest absolute Gasteiger partial charge is 0.465 e. The molecule has 0 aliphatic carbocycles. The number of hydrogen-bond donors (Lipinski definition) is 7. The molecule has 7 rings (SSSR count). The van der Waals surface area contributed by atoms with Gasteiger partial charge in [-0.25, -0.2) is 14.7 Å². The molecular formula is C44H59N11O13P2. The van der Waals surface area contributed by atoms with Crippen LogP contribution in [0.25, 0.3) is 22.3 Å². The molecule has 0 spiro atoms. The molecule has 26 heteroatoms. The smallest absolute Gasteiger partial charge is 0.329 e. The lowest BCUT2D eigenvalue weighted by atomic mass is 10.1. The van der Waals surface area contributed by atoms with Gasteiger partial charge < -0.3 is 59.4 Å². The molecule has 24 nitrogen and oxygen atoms in total. The number of fused-ring (bicyclic) bond motifs is 2. The number of imidazole rings is 2. The first kappa shape index (κ1) is 54.0. The summed E-state index contributed by atoms with van der Waals surface area (Å²) in [6, 6.07) is 21.8. The number of aromatic amines is 2. The number of benzene rings is 3. The predicted octanol–water partition coefficient (Wildman–Crippen LogP) is 4.42. The molecule has 0 aliphatic heterocycles. The Bertz CT molecular complexity index is 3090. The molecule has 0 saturated carbocycles. The molecule has 4 aromatic heterocycles. The summed E-state index contributed by atoms with van der Waals surface area (Å²) in [5, 5.41) is 2.85. The molecule has 9 N–H and O–H groups in total. The minimum atomic E-state index is -4.19. The third-order valence-corrected chi connectivity index (χ3v) is 12.6. The van der Waals surface area contributed by atoms with Gasteiger partial charge in [-0.2, -0.15) is 19.9 Å². The van der Waals surface area contributed by atoms with Gasteiger partial charge >= 0.3 is 44.5 Å². The van der Waals surface area contributed by atoms with Crippen molar-refractivity contribution in [3.05, 3.63) is 122 Å². The van der Waals surface area contributed by atoms with Crippen molar-refractivity contribution in [2.24, 2.45) is 0 Å². The van der Waals surface area contributed by atoms with E-state index in [4.69, 9.17) is 49.5 Å². The van der Waals surface area contributed by atoms with Gasteiger partial charge in [0.05, 0.1) is 45.2 Å². The molecule has 0 bridgehead atoms. The van der Waals surface area contributed by atoms with Crippen molar-refractivity contribution in [1.82, 2.24) is 44.1 Å². The molecule has 2 atom stereocenters. The first-order chi connectivity index (χ1) is 33.0. The van der Waals surface area contributed by atoms with Gasteiger partial charge in [-0.05, 0) is 48.2 Å². The van der Waals surface area contributed by atoms with Crippen LogP contribution in [0.4, 0.5) is 11.6 Å². The highest BCUT2D eigenvalue weighted by Crippen LogP contribution is 2.47. The molecule has 378 valence electrons. The topological polar surface area (TPSA) is 338 Å². The number of ether oxygens (including phenoxy) is 5. The lowest BCUT2D eigenvalue weighted by Gasteiger charge is -2.24. The summed E-state index contributed by atoms with van der Waals surface area (Å²) >= 11 is 0. The van der Waals surface area contributed by atoms with Crippen molar-refractivity contribution in [2.75, 3.05) is 58.7 Å². The first-order valence-electron chi connectivity index (χ1n) is 21.2. The van der Waals surface area contributed by atoms with Crippen LogP contribution in [0.5, 0.6) is 17.8 Å². The highest BCUT2D eigenvalue weighted by molar-refractivity contribution is 7.56. The van der Waals surface area contributed by atoms with Crippen LogP contribution < -0.4 is 41.9 Å². The number of esters is 1. The second-order valence-electron chi connectivity index (χ2n) is 15.2. The van der Waals surface area contributed by atoms with E-state index in [0.29, 0.717) is 41.2 Å². The second-order valence-corrected chi connectivity index (χ2v) is 18.9. The Morgan fingerprint density at radius 2 is 1.20 bits per heavy atom. The lowest BCUT2D eigenvalue weighted by molar-refractivity contribution is -0.144. The van der Waals surface area contributed by atoms with Crippen molar-refractivity contribution < 1.29 is 53.3 Å². The van der Waals surface area contributed by atoms with Crippen molar-refractivity contribution in [3.8, 4) is 17.8 Å². The van der Waals surface area contributed by atoms with E-state index in [2.05, 4.69) is 35.0 Å². The quantitative estimate of drug-likeness (QED) is 0.0281. The van der Waals surface area contributed by atoms with Crippen molar-refractivity contribution in [1.29, 1.82) is 0 Å². The van der Waals surface area contributed by atoms with E-state index in [1.54, 1.807) is 81.6 Å². The number of aromatic nitrogens is 8. The fourth-order valence-corrected chi connectivity index (χ4v) is 9.50. The Morgan fingerprint density at radius 1 is 0.729 bits per heavy atom. The van der Waals surface area contributed by atoms with Gasteiger partial charge in [0, 0.05) is 15.6 Å². The highest BCUT2D eigenvalue weighted by Gasteiger charge is 2.31. The Kier molecular flexibility index (Phi) is 19.0. The zero-order chi connectivity index (χ0) is 49.7. The Morgan fingerprint density at radius 3 is 1.66 bits per heavy atom. The van der Waals surface area contributed by atoms with Gasteiger partial charge in [0.2, 0.25) is 0 Å². The number of para-hydroxylation sites is 1.